The first-order chi connectivity index (χ1) is 14.3. The lowest BCUT2D eigenvalue weighted by Crippen LogP contribution is -2.41. The molecular formula is C25H27N3O2. The summed E-state index contributed by atoms with van der Waals surface area (Å²) >= 11 is 0. The molecule has 0 bridgehead atoms. The Hall–Kier alpha value is -3.08. The van der Waals surface area contributed by atoms with Gasteiger partial charge in [-0.2, -0.15) is 0 Å². The van der Waals surface area contributed by atoms with Crippen molar-refractivity contribution in [2.45, 2.75) is 46.5 Å². The van der Waals surface area contributed by atoms with E-state index in [2.05, 4.69) is 17.2 Å². The topological polar surface area (TPSA) is 71.4 Å². The quantitative estimate of drug-likeness (QED) is 0.806. The zero-order chi connectivity index (χ0) is 21.4. The highest BCUT2D eigenvalue weighted by Crippen LogP contribution is 2.44. The number of fused-ring (bicyclic) bond motifs is 1. The Balaban J connectivity index is 1.78. The van der Waals surface area contributed by atoms with Crippen LogP contribution in [0.4, 0.5) is 5.82 Å². The maximum atomic E-state index is 13.4. The fourth-order valence-corrected chi connectivity index (χ4v) is 4.54. The van der Waals surface area contributed by atoms with Crippen LogP contribution in [0.15, 0.2) is 58.9 Å². The Morgan fingerprint density at radius 3 is 2.33 bits per heavy atom. The van der Waals surface area contributed by atoms with Crippen LogP contribution in [0.5, 0.6) is 0 Å². The minimum absolute atomic E-state index is 0.171. The molecule has 2 heterocycles. The molecule has 0 radical (unpaired) electrons. The summed E-state index contributed by atoms with van der Waals surface area (Å²) in [7, 11) is 0. The van der Waals surface area contributed by atoms with Crippen LogP contribution in [-0.4, -0.2) is 22.4 Å². The highest BCUT2D eigenvalue weighted by atomic mass is 16.2. The number of aliphatic imine (C=N–C) groups is 1. The van der Waals surface area contributed by atoms with Gasteiger partial charge in [-0.3, -0.25) is 14.6 Å². The lowest BCUT2D eigenvalue weighted by atomic mass is 9.67. The summed E-state index contributed by atoms with van der Waals surface area (Å²) in [6.07, 6.45) is 3.04. The first-order valence-electron chi connectivity index (χ1n) is 10.4. The predicted molar refractivity (Wildman–Crippen MR) is 119 cm³/mol. The molecule has 0 saturated heterocycles. The third-order valence-corrected chi connectivity index (χ3v) is 5.99. The Bertz CT molecular complexity index is 1050. The van der Waals surface area contributed by atoms with Gasteiger partial charge in [0.25, 0.3) is 5.91 Å². The molecule has 1 aromatic heterocycles. The van der Waals surface area contributed by atoms with Crippen molar-refractivity contribution in [1.82, 2.24) is 4.98 Å². The Labute approximate surface area is 177 Å². The molecular weight excluding hydrogens is 374 g/mol. The van der Waals surface area contributed by atoms with Gasteiger partial charge in [0.15, 0.2) is 0 Å². The van der Waals surface area contributed by atoms with E-state index in [9.17, 15) is 9.59 Å². The van der Waals surface area contributed by atoms with E-state index in [-0.39, 0.29) is 29.4 Å². The summed E-state index contributed by atoms with van der Waals surface area (Å²) in [6.45, 7) is 7.93. The summed E-state index contributed by atoms with van der Waals surface area (Å²) in [5, 5.41) is 2.91. The van der Waals surface area contributed by atoms with Crippen molar-refractivity contribution < 1.29 is 9.59 Å². The van der Waals surface area contributed by atoms with Crippen LogP contribution in [0.3, 0.4) is 0 Å². The first kappa shape index (κ1) is 20.2. The smallest absolute Gasteiger partial charge is 0.255 e. The van der Waals surface area contributed by atoms with Gasteiger partial charge in [0.2, 0.25) is 0 Å². The normalized spacial score (nSPS) is 23.7. The standard InChI is InChI=1S/C25H27N3O2/c1-14-5-8-18(9-6-14)23-22(25(30)28-21-10-7-15(2)13-26-21)17(4)27-19-11-16(3)12-20(29)24(19)23/h5-10,13,16,23-24H,11-12H2,1-4H3,(H,26,28,30)/t16-,23-,24?/m0/s1. The number of pyridine rings is 1. The van der Waals surface area contributed by atoms with Crippen LogP contribution in [0.2, 0.25) is 0 Å². The number of nitrogens with zero attached hydrogens (tertiary/aromatic N) is 2. The van der Waals surface area contributed by atoms with Gasteiger partial charge in [0.1, 0.15) is 11.6 Å². The SMILES string of the molecule is CC1=C(C(=O)Nc2ccc(C)cn2)[C@H](c2ccc(C)cc2)C2C(=O)C[C@@H](C)CC2=N1. The molecule has 1 saturated carbocycles. The molecule has 1 N–H and O–H groups in total. The molecule has 2 aliphatic rings. The average molecular weight is 402 g/mol. The number of Topliss-reactive ketones (excluding diaryl/α,β-unsaturated/α-hetero) is 1. The number of hydrogen-bond acceptors (Lipinski definition) is 4. The zero-order valence-corrected chi connectivity index (χ0v) is 17.9. The molecule has 0 spiro atoms. The monoisotopic (exact) mass is 401 g/mol. The minimum atomic E-state index is -0.376. The van der Waals surface area contributed by atoms with E-state index in [1.165, 1.54) is 0 Å². The van der Waals surface area contributed by atoms with Crippen LogP contribution in [0.1, 0.15) is 49.3 Å². The van der Waals surface area contributed by atoms with Crippen molar-refractivity contribution in [2.24, 2.45) is 16.8 Å². The zero-order valence-electron chi connectivity index (χ0n) is 17.9. The van der Waals surface area contributed by atoms with Gasteiger partial charge in [0, 0.05) is 35.5 Å². The Morgan fingerprint density at radius 2 is 1.67 bits per heavy atom. The second-order valence-electron chi connectivity index (χ2n) is 8.62. The Morgan fingerprint density at radius 1 is 0.967 bits per heavy atom. The van der Waals surface area contributed by atoms with Gasteiger partial charge in [-0.25, -0.2) is 4.98 Å². The van der Waals surface area contributed by atoms with Crippen molar-refractivity contribution in [2.75, 3.05) is 5.32 Å². The molecule has 5 nitrogen and oxygen atoms in total. The van der Waals surface area contributed by atoms with Crippen LogP contribution >= 0.6 is 0 Å². The molecule has 154 valence electrons. The molecule has 1 aliphatic heterocycles. The molecule has 1 amide bonds. The van der Waals surface area contributed by atoms with Gasteiger partial charge >= 0.3 is 0 Å². The van der Waals surface area contributed by atoms with E-state index < -0.39 is 0 Å². The van der Waals surface area contributed by atoms with Crippen LogP contribution in [-0.2, 0) is 9.59 Å². The molecule has 1 fully saturated rings. The van der Waals surface area contributed by atoms with Crippen LogP contribution < -0.4 is 5.32 Å². The molecule has 4 rings (SSSR count). The van der Waals surface area contributed by atoms with Crippen molar-refractivity contribution in [3.63, 3.8) is 0 Å². The predicted octanol–water partition coefficient (Wildman–Crippen LogP) is 4.76. The van der Waals surface area contributed by atoms with Crippen LogP contribution in [0, 0.1) is 25.7 Å². The molecule has 2 aromatic rings. The fraction of sp³-hybridized carbons (Fsp3) is 0.360. The van der Waals surface area contributed by atoms with E-state index >= 15 is 0 Å². The van der Waals surface area contributed by atoms with Crippen LogP contribution in [0.25, 0.3) is 0 Å². The third kappa shape index (κ3) is 3.84. The molecule has 1 aromatic carbocycles. The van der Waals surface area contributed by atoms with Crippen molar-refractivity contribution in [3.05, 3.63) is 70.6 Å². The van der Waals surface area contributed by atoms with E-state index in [0.717, 1.165) is 28.8 Å². The number of aromatic nitrogens is 1. The molecule has 3 atom stereocenters. The minimum Gasteiger partial charge on any atom is -0.307 e. The number of carbonyl (C=O) groups excluding carboxylic acids is 2. The highest BCUT2D eigenvalue weighted by molar-refractivity contribution is 6.14. The van der Waals surface area contributed by atoms with Gasteiger partial charge in [-0.05, 0) is 50.3 Å². The van der Waals surface area contributed by atoms with E-state index in [4.69, 9.17) is 4.99 Å². The number of benzene rings is 1. The van der Waals surface area contributed by atoms with E-state index in [1.54, 1.807) is 12.3 Å². The number of nitrogens with one attached hydrogen (secondary N) is 1. The first-order valence-corrected chi connectivity index (χ1v) is 10.4. The lowest BCUT2D eigenvalue weighted by molar-refractivity contribution is -0.123. The van der Waals surface area contributed by atoms with Crippen molar-refractivity contribution in [1.29, 1.82) is 0 Å². The number of aryl methyl sites for hydroxylation is 2. The van der Waals surface area contributed by atoms with Gasteiger partial charge in [-0.15, -0.1) is 0 Å². The molecule has 30 heavy (non-hydrogen) atoms. The average Bonchev–Trinajstić information content (AvgIpc) is 2.69. The molecule has 1 aliphatic carbocycles. The maximum Gasteiger partial charge on any atom is 0.255 e. The second-order valence-corrected chi connectivity index (χ2v) is 8.62. The second kappa shape index (κ2) is 7.98. The van der Waals surface area contributed by atoms with E-state index in [0.29, 0.717) is 23.5 Å². The lowest BCUT2D eigenvalue weighted by Gasteiger charge is -2.37. The van der Waals surface area contributed by atoms with Gasteiger partial charge < -0.3 is 5.32 Å². The highest BCUT2D eigenvalue weighted by Gasteiger charge is 2.44. The number of allylic oxidation sites excluding steroid dienone is 1. The number of rotatable bonds is 3. The third-order valence-electron chi connectivity index (χ3n) is 5.99. The Kier molecular flexibility index (Phi) is 5.37. The maximum absolute atomic E-state index is 13.4. The molecule has 1 unspecified atom stereocenters. The summed E-state index contributed by atoms with van der Waals surface area (Å²) in [5.74, 6) is -0.00565. The summed E-state index contributed by atoms with van der Waals surface area (Å²) < 4.78 is 0. The van der Waals surface area contributed by atoms with Crippen molar-refractivity contribution in [3.8, 4) is 0 Å². The number of carbonyl (C=O) groups is 2. The number of hydrogen-bond donors (Lipinski definition) is 1. The van der Waals surface area contributed by atoms with Crippen molar-refractivity contribution >= 4 is 23.2 Å². The number of amides is 1. The van der Waals surface area contributed by atoms with E-state index in [1.807, 2.05) is 51.1 Å². The fourth-order valence-electron chi connectivity index (χ4n) is 4.54. The number of ketones is 1. The number of anilines is 1. The van der Waals surface area contributed by atoms with Gasteiger partial charge in [-0.1, -0.05) is 42.8 Å². The largest absolute Gasteiger partial charge is 0.307 e. The summed E-state index contributed by atoms with van der Waals surface area (Å²) in [4.78, 5) is 35.5. The molecule has 5 heteroatoms. The summed E-state index contributed by atoms with van der Waals surface area (Å²) in [5.41, 5.74) is 5.28. The summed E-state index contributed by atoms with van der Waals surface area (Å²) in [6, 6.07) is 11.8. The van der Waals surface area contributed by atoms with Gasteiger partial charge in [0.05, 0.1) is 5.92 Å².